The van der Waals surface area contributed by atoms with Crippen LogP contribution in [0.25, 0.3) is 0 Å². The lowest BCUT2D eigenvalue weighted by molar-refractivity contribution is -0.136. The summed E-state index contributed by atoms with van der Waals surface area (Å²) in [5, 5.41) is 5.33. The zero-order valence-electron chi connectivity index (χ0n) is 8.21. The van der Waals surface area contributed by atoms with Gasteiger partial charge >= 0.3 is 11.8 Å². The zero-order chi connectivity index (χ0) is 11.3. The summed E-state index contributed by atoms with van der Waals surface area (Å²) in [5.41, 5.74) is 0.499. The number of nitrogens with one attached hydrogen (secondary N) is 2. The van der Waals surface area contributed by atoms with Gasteiger partial charge in [0.05, 0.1) is 0 Å². The summed E-state index contributed by atoms with van der Waals surface area (Å²) in [6.07, 6.45) is 0. The minimum atomic E-state index is -0.695. The van der Waals surface area contributed by atoms with Gasteiger partial charge in [-0.25, -0.2) is 0 Å². The van der Waals surface area contributed by atoms with Crippen molar-refractivity contribution in [3.05, 3.63) is 29.3 Å². The van der Waals surface area contributed by atoms with Crippen molar-refractivity contribution in [2.45, 2.75) is 6.92 Å². The molecule has 0 atom stereocenters. The number of rotatable bonds is 2. The number of likely N-dealkylation sites (N-methyl/N-ethyl adjacent to an activating group) is 1. The van der Waals surface area contributed by atoms with E-state index in [1.807, 2.05) is 0 Å². The Morgan fingerprint density at radius 2 is 2.07 bits per heavy atom. The Balaban J connectivity index is 2.62. The van der Waals surface area contributed by atoms with E-state index in [2.05, 4.69) is 10.6 Å². The number of anilines is 1. The van der Waals surface area contributed by atoms with Crippen molar-refractivity contribution in [1.82, 2.24) is 5.32 Å². The maximum atomic E-state index is 11.2. The molecule has 1 aromatic rings. The van der Waals surface area contributed by atoms with E-state index in [-0.39, 0.29) is 0 Å². The molecule has 1 rings (SSSR count). The van der Waals surface area contributed by atoms with E-state index >= 15 is 0 Å². The maximum absolute atomic E-state index is 11.2. The first kappa shape index (κ1) is 11.5. The van der Waals surface area contributed by atoms with Gasteiger partial charge in [0, 0.05) is 17.3 Å². The normalized spacial score (nSPS) is 9.47. The van der Waals surface area contributed by atoms with Crippen LogP contribution in [0.3, 0.4) is 0 Å². The van der Waals surface area contributed by atoms with Crippen molar-refractivity contribution in [3.63, 3.8) is 0 Å². The summed E-state index contributed by atoms with van der Waals surface area (Å²) in [6, 6.07) is 6.60. The number of hydrogen-bond donors (Lipinski definition) is 2. The average Bonchev–Trinajstić information content (AvgIpc) is 2.18. The van der Waals surface area contributed by atoms with Gasteiger partial charge in [0.2, 0.25) is 0 Å². The van der Waals surface area contributed by atoms with Crippen LogP contribution in [0.4, 0.5) is 5.69 Å². The zero-order valence-corrected chi connectivity index (χ0v) is 8.97. The molecule has 0 spiro atoms. The summed E-state index contributed by atoms with van der Waals surface area (Å²) in [6.45, 7) is 2.16. The van der Waals surface area contributed by atoms with Crippen LogP contribution in [0.15, 0.2) is 24.3 Å². The van der Waals surface area contributed by atoms with Crippen LogP contribution >= 0.6 is 11.6 Å². The molecule has 0 aliphatic heterocycles. The van der Waals surface area contributed by atoms with E-state index in [1.165, 1.54) is 0 Å². The molecular weight excluding hydrogens is 216 g/mol. The largest absolute Gasteiger partial charge is 0.348 e. The number of halogens is 1. The Kier molecular flexibility index (Phi) is 4.12. The molecule has 0 fully saturated rings. The lowest BCUT2D eigenvalue weighted by atomic mass is 10.3. The third kappa shape index (κ3) is 3.59. The third-order valence-electron chi connectivity index (χ3n) is 1.63. The first-order valence-electron chi connectivity index (χ1n) is 4.48. The highest BCUT2D eigenvalue weighted by Gasteiger charge is 2.11. The van der Waals surface area contributed by atoms with Crippen LogP contribution in [0, 0.1) is 0 Å². The smallest absolute Gasteiger partial charge is 0.313 e. The number of benzene rings is 1. The Morgan fingerprint density at radius 3 is 2.67 bits per heavy atom. The van der Waals surface area contributed by atoms with Gasteiger partial charge in [0.25, 0.3) is 0 Å². The second-order valence-electron chi connectivity index (χ2n) is 2.82. The van der Waals surface area contributed by atoms with E-state index in [0.29, 0.717) is 17.3 Å². The van der Waals surface area contributed by atoms with Gasteiger partial charge in [-0.15, -0.1) is 0 Å². The molecule has 80 valence electrons. The number of carbonyl (C=O) groups is 2. The summed E-state index contributed by atoms with van der Waals surface area (Å²) in [4.78, 5) is 22.3. The summed E-state index contributed by atoms with van der Waals surface area (Å²) in [7, 11) is 0. The molecule has 0 unspecified atom stereocenters. The Labute approximate surface area is 92.6 Å². The molecule has 0 aromatic heterocycles. The summed E-state index contributed by atoms with van der Waals surface area (Å²) < 4.78 is 0. The van der Waals surface area contributed by atoms with E-state index < -0.39 is 11.8 Å². The fourth-order valence-corrected chi connectivity index (χ4v) is 1.19. The molecule has 2 amide bonds. The SMILES string of the molecule is CCNC(=O)C(=O)Nc1cccc(Cl)c1. The fourth-order valence-electron chi connectivity index (χ4n) is 0.995. The van der Waals surface area contributed by atoms with E-state index in [4.69, 9.17) is 11.6 Å². The van der Waals surface area contributed by atoms with Crippen molar-refractivity contribution < 1.29 is 9.59 Å². The van der Waals surface area contributed by atoms with Crippen molar-refractivity contribution in [2.75, 3.05) is 11.9 Å². The lowest BCUT2D eigenvalue weighted by Crippen LogP contribution is -2.35. The molecule has 4 nitrogen and oxygen atoms in total. The predicted molar refractivity (Wildman–Crippen MR) is 58.8 cm³/mol. The van der Waals surface area contributed by atoms with Crippen LogP contribution in [0.1, 0.15) is 6.92 Å². The highest BCUT2D eigenvalue weighted by atomic mass is 35.5. The molecule has 0 saturated carbocycles. The predicted octanol–water partition coefficient (Wildman–Crippen LogP) is 1.41. The number of carbonyl (C=O) groups excluding carboxylic acids is 2. The molecule has 15 heavy (non-hydrogen) atoms. The minimum Gasteiger partial charge on any atom is -0.348 e. The third-order valence-corrected chi connectivity index (χ3v) is 1.86. The van der Waals surface area contributed by atoms with E-state index in [9.17, 15) is 9.59 Å². The van der Waals surface area contributed by atoms with Gasteiger partial charge in [-0.1, -0.05) is 17.7 Å². The van der Waals surface area contributed by atoms with Crippen molar-refractivity contribution in [2.24, 2.45) is 0 Å². The van der Waals surface area contributed by atoms with Crippen molar-refractivity contribution >= 4 is 29.1 Å². The van der Waals surface area contributed by atoms with Crippen molar-refractivity contribution in [3.8, 4) is 0 Å². The molecule has 0 aliphatic rings. The lowest BCUT2D eigenvalue weighted by Gasteiger charge is -2.04. The Morgan fingerprint density at radius 1 is 1.33 bits per heavy atom. The van der Waals surface area contributed by atoms with Gasteiger partial charge < -0.3 is 10.6 Å². The second-order valence-corrected chi connectivity index (χ2v) is 3.26. The highest BCUT2D eigenvalue weighted by molar-refractivity contribution is 6.39. The Bertz CT molecular complexity index is 379. The van der Waals surface area contributed by atoms with Crippen LogP contribution in [-0.2, 0) is 9.59 Å². The van der Waals surface area contributed by atoms with Gasteiger partial charge in [-0.2, -0.15) is 0 Å². The summed E-state index contributed by atoms with van der Waals surface area (Å²) >= 11 is 5.72. The quantitative estimate of drug-likeness (QED) is 0.750. The second kappa shape index (κ2) is 5.36. The van der Waals surface area contributed by atoms with E-state index in [0.717, 1.165) is 0 Å². The minimum absolute atomic E-state index is 0.418. The standard InChI is InChI=1S/C10H11ClN2O2/c1-2-12-9(14)10(15)13-8-5-3-4-7(11)6-8/h3-6H,2H2,1H3,(H,12,14)(H,13,15). The molecule has 5 heteroatoms. The first-order valence-corrected chi connectivity index (χ1v) is 4.86. The molecule has 0 bridgehead atoms. The fraction of sp³-hybridized carbons (Fsp3) is 0.200. The van der Waals surface area contributed by atoms with Gasteiger partial charge in [-0.05, 0) is 25.1 Å². The number of amides is 2. The van der Waals surface area contributed by atoms with Crippen LogP contribution in [0.5, 0.6) is 0 Å². The van der Waals surface area contributed by atoms with Gasteiger partial charge in [0.15, 0.2) is 0 Å². The molecular formula is C10H11ClN2O2. The molecule has 0 radical (unpaired) electrons. The molecule has 1 aromatic carbocycles. The van der Waals surface area contributed by atoms with Crippen molar-refractivity contribution in [1.29, 1.82) is 0 Å². The van der Waals surface area contributed by atoms with Crippen LogP contribution < -0.4 is 10.6 Å². The molecule has 0 heterocycles. The molecule has 2 N–H and O–H groups in total. The monoisotopic (exact) mass is 226 g/mol. The summed E-state index contributed by atoms with van der Waals surface area (Å²) in [5.74, 6) is -1.35. The van der Waals surface area contributed by atoms with Crippen LogP contribution in [-0.4, -0.2) is 18.4 Å². The first-order chi connectivity index (χ1) is 7.13. The van der Waals surface area contributed by atoms with Crippen LogP contribution in [0.2, 0.25) is 5.02 Å². The highest BCUT2D eigenvalue weighted by Crippen LogP contribution is 2.14. The van der Waals surface area contributed by atoms with Gasteiger partial charge in [0.1, 0.15) is 0 Å². The molecule has 0 aliphatic carbocycles. The topological polar surface area (TPSA) is 58.2 Å². The van der Waals surface area contributed by atoms with E-state index in [1.54, 1.807) is 31.2 Å². The number of hydrogen-bond acceptors (Lipinski definition) is 2. The molecule has 0 saturated heterocycles. The van der Waals surface area contributed by atoms with Gasteiger partial charge in [-0.3, -0.25) is 9.59 Å². The maximum Gasteiger partial charge on any atom is 0.313 e. The Hall–Kier alpha value is -1.55. The average molecular weight is 227 g/mol.